The molecule has 0 aliphatic carbocycles. The van der Waals surface area contributed by atoms with Crippen LogP contribution in [0.2, 0.25) is 0 Å². The summed E-state index contributed by atoms with van der Waals surface area (Å²) in [4.78, 5) is 8.62. The Bertz CT molecular complexity index is 123. The van der Waals surface area contributed by atoms with Crippen molar-refractivity contribution in [2.24, 2.45) is 0 Å². The Morgan fingerprint density at radius 3 is 2.11 bits per heavy atom. The number of phosphoric ester groups is 1. The zero-order valence-electron chi connectivity index (χ0n) is 5.57. The molecular weight excluding hydrogens is 162 g/mol. The molecule has 0 bridgehead atoms. The lowest BCUT2D eigenvalue weighted by atomic mass is 11.8. The van der Waals surface area contributed by atoms with Gasteiger partial charge >= 0.3 is 7.82 Å². The van der Waals surface area contributed by atoms with Crippen LogP contribution in [-0.2, 0) is 13.4 Å². The van der Waals surface area contributed by atoms with Crippen LogP contribution in [0.1, 0.15) is 0 Å². The highest BCUT2D eigenvalue weighted by Crippen LogP contribution is 2.52. The van der Waals surface area contributed by atoms with E-state index in [0.29, 0.717) is 0 Å². The van der Waals surface area contributed by atoms with Crippen molar-refractivity contribution >= 4 is 16.0 Å². The highest BCUT2D eigenvalue weighted by Gasteiger charge is 2.19. The van der Waals surface area contributed by atoms with Crippen LogP contribution in [0.3, 0.4) is 0 Å². The predicted molar refractivity (Wildman–Crippen MR) is 36.7 cm³/mol. The molecule has 0 rings (SSSR count). The first-order chi connectivity index (χ1) is 3.98. The Balaban J connectivity index is 3.73. The maximum atomic E-state index is 10.5. The van der Waals surface area contributed by atoms with Gasteiger partial charge in [-0.05, 0) is 13.3 Å². The monoisotopic (exact) mass is 172 g/mol. The Labute approximate surface area is 55.6 Å². The lowest BCUT2D eigenvalue weighted by molar-refractivity contribution is 0.251. The van der Waals surface area contributed by atoms with Gasteiger partial charge in [-0.15, -0.1) is 0 Å². The molecular formula is C3H10O4P2. The van der Waals surface area contributed by atoms with Crippen molar-refractivity contribution in [2.75, 3.05) is 20.4 Å². The fourth-order valence-corrected chi connectivity index (χ4v) is 2.16. The van der Waals surface area contributed by atoms with E-state index in [1.165, 1.54) is 0 Å². The zero-order valence-corrected chi connectivity index (χ0v) is 7.36. The van der Waals surface area contributed by atoms with Gasteiger partial charge in [0.25, 0.3) is 0 Å². The number of rotatable bonds is 3. The van der Waals surface area contributed by atoms with Gasteiger partial charge < -0.3 is 4.89 Å². The molecule has 1 N–H and O–H groups in total. The Morgan fingerprint density at radius 2 is 2.00 bits per heavy atom. The molecule has 56 valence electrons. The van der Waals surface area contributed by atoms with E-state index in [4.69, 9.17) is 4.89 Å². The van der Waals surface area contributed by atoms with Crippen LogP contribution in [-0.4, -0.2) is 25.3 Å². The molecule has 0 spiro atoms. The van der Waals surface area contributed by atoms with E-state index in [1.807, 2.05) is 0 Å². The van der Waals surface area contributed by atoms with E-state index in [1.54, 1.807) is 13.3 Å². The molecule has 4 nitrogen and oxygen atoms in total. The summed E-state index contributed by atoms with van der Waals surface area (Å²) in [5.74, 6) is 0. The highest BCUT2D eigenvalue weighted by atomic mass is 31.2. The largest absolute Gasteiger partial charge is 0.475 e. The van der Waals surface area contributed by atoms with Gasteiger partial charge in [0.05, 0.1) is 0 Å². The smallest absolute Gasteiger partial charge is 0.302 e. The minimum Gasteiger partial charge on any atom is -0.302 e. The first kappa shape index (κ1) is 9.54. The third-order valence-corrected chi connectivity index (χ3v) is 3.09. The minimum absolute atomic E-state index is 0.832. The summed E-state index contributed by atoms with van der Waals surface area (Å²) in [6, 6.07) is 0. The van der Waals surface area contributed by atoms with Gasteiger partial charge in [0.2, 0.25) is 0 Å². The highest BCUT2D eigenvalue weighted by molar-refractivity contribution is 7.62. The first-order valence-corrected chi connectivity index (χ1v) is 5.88. The number of phosphoric acid groups is 1. The summed E-state index contributed by atoms with van der Waals surface area (Å²) < 4.78 is 19.2. The van der Waals surface area contributed by atoms with Crippen LogP contribution >= 0.6 is 16.0 Å². The standard InChI is InChI=1S/C3H10O4P2/c1-6-9(4,5)7-8(2)3/h1-3H3,(H,4,5). The van der Waals surface area contributed by atoms with E-state index >= 15 is 0 Å². The summed E-state index contributed by atoms with van der Waals surface area (Å²) in [7, 11) is -3.39. The van der Waals surface area contributed by atoms with Crippen LogP contribution in [0, 0.1) is 0 Å². The van der Waals surface area contributed by atoms with Gasteiger partial charge in [0.1, 0.15) is 0 Å². The summed E-state index contributed by atoms with van der Waals surface area (Å²) in [5, 5.41) is 0. The molecule has 1 atom stereocenters. The summed E-state index contributed by atoms with van der Waals surface area (Å²) in [6.45, 7) is 3.44. The van der Waals surface area contributed by atoms with Crippen molar-refractivity contribution in [3.63, 3.8) is 0 Å². The van der Waals surface area contributed by atoms with Crippen molar-refractivity contribution in [3.05, 3.63) is 0 Å². The molecule has 0 saturated carbocycles. The second kappa shape index (κ2) is 3.65. The van der Waals surface area contributed by atoms with Crippen LogP contribution in [0.5, 0.6) is 0 Å². The Hall–Kier alpha value is 0.540. The van der Waals surface area contributed by atoms with Crippen molar-refractivity contribution in [2.45, 2.75) is 0 Å². The van der Waals surface area contributed by atoms with Gasteiger partial charge in [-0.25, -0.2) is 4.57 Å². The van der Waals surface area contributed by atoms with E-state index < -0.39 is 16.0 Å². The first-order valence-electron chi connectivity index (χ1n) is 2.23. The number of hydrogen-bond donors (Lipinski definition) is 1. The van der Waals surface area contributed by atoms with Crippen LogP contribution in [0.25, 0.3) is 0 Å². The summed E-state index contributed by atoms with van der Waals surface area (Å²) in [6.07, 6.45) is 0. The average Bonchev–Trinajstić information content (AvgIpc) is 1.63. The van der Waals surface area contributed by atoms with Gasteiger partial charge in [-0.3, -0.25) is 8.83 Å². The van der Waals surface area contributed by atoms with Gasteiger partial charge in [-0.2, -0.15) is 0 Å². The van der Waals surface area contributed by atoms with Gasteiger partial charge in [0, 0.05) is 15.3 Å². The molecule has 0 fully saturated rings. The number of hydrogen-bond acceptors (Lipinski definition) is 3. The molecule has 1 unspecified atom stereocenters. The molecule has 6 heteroatoms. The lowest BCUT2D eigenvalue weighted by Crippen LogP contribution is -1.84. The van der Waals surface area contributed by atoms with Gasteiger partial charge in [0.15, 0.2) is 0 Å². The van der Waals surface area contributed by atoms with E-state index in [0.717, 1.165) is 7.11 Å². The molecule has 0 aromatic heterocycles. The normalized spacial score (nSPS) is 17.9. The summed E-state index contributed by atoms with van der Waals surface area (Å²) >= 11 is 0. The van der Waals surface area contributed by atoms with Crippen molar-refractivity contribution < 1.29 is 18.3 Å². The third kappa shape index (κ3) is 5.01. The third-order valence-electron chi connectivity index (χ3n) is 0.497. The quantitative estimate of drug-likeness (QED) is 0.653. The minimum atomic E-state index is -3.70. The van der Waals surface area contributed by atoms with Crippen molar-refractivity contribution in [1.82, 2.24) is 0 Å². The molecule has 0 saturated heterocycles. The molecule has 0 aliphatic heterocycles. The topological polar surface area (TPSA) is 55.8 Å². The van der Waals surface area contributed by atoms with Crippen molar-refractivity contribution in [3.8, 4) is 0 Å². The molecule has 0 amide bonds. The van der Waals surface area contributed by atoms with E-state index in [-0.39, 0.29) is 0 Å². The van der Waals surface area contributed by atoms with Crippen molar-refractivity contribution in [1.29, 1.82) is 0 Å². The average molecular weight is 172 g/mol. The molecule has 9 heavy (non-hydrogen) atoms. The Kier molecular flexibility index (Phi) is 3.86. The van der Waals surface area contributed by atoms with Gasteiger partial charge in [-0.1, -0.05) is 0 Å². The fourth-order valence-electron chi connectivity index (χ4n) is 0.240. The molecule has 0 radical (unpaired) electrons. The van der Waals surface area contributed by atoms with Crippen LogP contribution in [0.15, 0.2) is 0 Å². The molecule has 0 heterocycles. The molecule has 0 aromatic carbocycles. The van der Waals surface area contributed by atoms with Crippen LogP contribution in [0.4, 0.5) is 0 Å². The molecule has 0 aromatic rings. The Morgan fingerprint density at radius 1 is 1.56 bits per heavy atom. The summed E-state index contributed by atoms with van der Waals surface area (Å²) in [5.41, 5.74) is 0. The predicted octanol–water partition coefficient (Wildman–Crippen LogP) is 1.41. The van der Waals surface area contributed by atoms with E-state index in [2.05, 4.69) is 8.83 Å². The second-order valence-electron chi connectivity index (χ2n) is 1.55. The SMILES string of the molecule is COP(=O)(O)OP(C)C. The molecule has 0 aliphatic rings. The maximum absolute atomic E-state index is 10.5. The second-order valence-corrected chi connectivity index (χ2v) is 5.13. The fraction of sp³-hybridized carbons (Fsp3) is 1.00. The van der Waals surface area contributed by atoms with Crippen LogP contribution < -0.4 is 0 Å². The lowest BCUT2D eigenvalue weighted by Gasteiger charge is -2.10. The van der Waals surface area contributed by atoms with E-state index in [9.17, 15) is 4.57 Å². The maximum Gasteiger partial charge on any atom is 0.475 e. The zero-order chi connectivity index (χ0) is 7.49.